The molecule has 70 valence electrons. The van der Waals surface area contributed by atoms with Gasteiger partial charge in [0.1, 0.15) is 0 Å². The Labute approximate surface area is 77.0 Å². The number of hydrogen-bond donors (Lipinski definition) is 2. The first-order chi connectivity index (χ1) is 5.63. The molecule has 0 amide bonds. The van der Waals surface area contributed by atoms with E-state index in [1.165, 1.54) is 6.08 Å². The van der Waals surface area contributed by atoms with E-state index in [-0.39, 0.29) is 6.04 Å². The lowest BCUT2D eigenvalue weighted by Crippen LogP contribution is -2.15. The minimum absolute atomic E-state index is 0.237. The summed E-state index contributed by atoms with van der Waals surface area (Å²) in [6, 6.07) is 0.237. The van der Waals surface area contributed by atoms with E-state index in [0.717, 1.165) is 17.9 Å². The number of thioether (sulfide) groups is 1. The Morgan fingerprint density at radius 3 is 2.92 bits per heavy atom. The summed E-state index contributed by atoms with van der Waals surface area (Å²) in [4.78, 5) is 10.0. The van der Waals surface area contributed by atoms with Crippen molar-refractivity contribution in [2.24, 2.45) is 5.73 Å². The molecule has 1 unspecified atom stereocenters. The van der Waals surface area contributed by atoms with Crippen LogP contribution < -0.4 is 5.73 Å². The van der Waals surface area contributed by atoms with Crippen molar-refractivity contribution in [1.82, 2.24) is 0 Å². The second-order valence-electron chi connectivity index (χ2n) is 2.58. The average molecular weight is 189 g/mol. The zero-order valence-corrected chi connectivity index (χ0v) is 8.01. The molecule has 12 heavy (non-hydrogen) atoms. The van der Waals surface area contributed by atoms with Gasteiger partial charge in [-0.1, -0.05) is 6.08 Å². The van der Waals surface area contributed by atoms with Crippen LogP contribution in [0, 0.1) is 0 Å². The van der Waals surface area contributed by atoms with Crippen LogP contribution >= 0.6 is 11.8 Å². The molecule has 0 fully saturated rings. The molecular formula is C8H15NO2S. The van der Waals surface area contributed by atoms with Gasteiger partial charge < -0.3 is 10.8 Å². The fourth-order valence-electron chi connectivity index (χ4n) is 0.570. The highest BCUT2D eigenvalue weighted by Crippen LogP contribution is 2.03. The van der Waals surface area contributed by atoms with Crippen LogP contribution in [0.15, 0.2) is 12.2 Å². The molecule has 3 N–H and O–H groups in total. The van der Waals surface area contributed by atoms with Gasteiger partial charge in [0.25, 0.3) is 0 Å². The zero-order valence-electron chi connectivity index (χ0n) is 7.19. The molecule has 0 saturated heterocycles. The van der Waals surface area contributed by atoms with Gasteiger partial charge in [0.15, 0.2) is 0 Å². The van der Waals surface area contributed by atoms with Crippen LogP contribution in [-0.2, 0) is 4.79 Å². The second-order valence-corrected chi connectivity index (χ2v) is 3.73. The van der Waals surface area contributed by atoms with E-state index < -0.39 is 5.97 Å². The molecule has 3 nitrogen and oxygen atoms in total. The van der Waals surface area contributed by atoms with Crippen molar-refractivity contribution in [2.75, 3.05) is 11.5 Å². The van der Waals surface area contributed by atoms with Gasteiger partial charge >= 0.3 is 5.97 Å². The smallest absolute Gasteiger partial charge is 0.328 e. The van der Waals surface area contributed by atoms with Gasteiger partial charge in [0, 0.05) is 17.9 Å². The fraction of sp³-hybridized carbons (Fsp3) is 0.625. The van der Waals surface area contributed by atoms with Crippen molar-refractivity contribution in [3.8, 4) is 0 Å². The molecule has 0 bridgehead atoms. The lowest BCUT2D eigenvalue weighted by atomic mass is 10.3. The number of rotatable bonds is 6. The first-order valence-electron chi connectivity index (χ1n) is 3.85. The van der Waals surface area contributed by atoms with E-state index >= 15 is 0 Å². The van der Waals surface area contributed by atoms with Gasteiger partial charge in [0.05, 0.1) is 0 Å². The van der Waals surface area contributed by atoms with E-state index in [1.807, 2.05) is 6.92 Å². The normalized spacial score (nSPS) is 13.5. The molecule has 0 heterocycles. The van der Waals surface area contributed by atoms with Crippen LogP contribution in [0.25, 0.3) is 0 Å². The topological polar surface area (TPSA) is 63.3 Å². The largest absolute Gasteiger partial charge is 0.478 e. The number of carbonyl (C=O) groups is 1. The van der Waals surface area contributed by atoms with Gasteiger partial charge in [-0.3, -0.25) is 0 Å². The molecule has 0 aliphatic carbocycles. The van der Waals surface area contributed by atoms with E-state index in [9.17, 15) is 4.79 Å². The molecule has 0 aliphatic heterocycles. The summed E-state index contributed by atoms with van der Waals surface area (Å²) in [7, 11) is 0. The first kappa shape index (κ1) is 11.5. The summed E-state index contributed by atoms with van der Waals surface area (Å²) in [5, 5.41) is 8.24. The Hall–Kier alpha value is -0.480. The summed E-state index contributed by atoms with van der Waals surface area (Å²) < 4.78 is 0. The Morgan fingerprint density at radius 2 is 2.42 bits per heavy atom. The standard InChI is InChI=1S/C8H15NO2S/c1-7(9)4-6-12-5-2-3-8(10)11/h2-3,7H,4-6,9H2,1H3,(H,10,11)/b3-2+. The van der Waals surface area contributed by atoms with E-state index in [4.69, 9.17) is 10.8 Å². The third-order valence-electron chi connectivity index (χ3n) is 1.19. The lowest BCUT2D eigenvalue weighted by Gasteiger charge is -2.01. The van der Waals surface area contributed by atoms with Gasteiger partial charge in [-0.15, -0.1) is 0 Å². The van der Waals surface area contributed by atoms with Crippen LogP contribution in [-0.4, -0.2) is 28.6 Å². The molecule has 0 aromatic carbocycles. The van der Waals surface area contributed by atoms with Crippen molar-refractivity contribution < 1.29 is 9.90 Å². The molecule has 0 aromatic rings. The fourth-order valence-corrected chi connectivity index (χ4v) is 1.51. The summed E-state index contributed by atoms with van der Waals surface area (Å²) in [6.45, 7) is 1.97. The van der Waals surface area contributed by atoms with Crippen molar-refractivity contribution in [2.45, 2.75) is 19.4 Å². The Morgan fingerprint density at radius 1 is 1.75 bits per heavy atom. The zero-order chi connectivity index (χ0) is 9.40. The monoisotopic (exact) mass is 189 g/mol. The van der Waals surface area contributed by atoms with E-state index in [0.29, 0.717) is 0 Å². The van der Waals surface area contributed by atoms with Crippen LogP contribution in [0.5, 0.6) is 0 Å². The first-order valence-corrected chi connectivity index (χ1v) is 5.01. The maximum absolute atomic E-state index is 10.0. The third kappa shape index (κ3) is 9.52. The summed E-state index contributed by atoms with van der Waals surface area (Å²) in [5.74, 6) is 0.850. The minimum Gasteiger partial charge on any atom is -0.478 e. The predicted molar refractivity (Wildman–Crippen MR) is 52.4 cm³/mol. The van der Waals surface area contributed by atoms with Gasteiger partial charge in [-0.25, -0.2) is 4.79 Å². The highest BCUT2D eigenvalue weighted by atomic mass is 32.2. The molecule has 0 spiro atoms. The SMILES string of the molecule is CC(N)CCSC/C=C/C(=O)O. The third-order valence-corrected chi connectivity index (χ3v) is 2.14. The van der Waals surface area contributed by atoms with Crippen molar-refractivity contribution in [1.29, 1.82) is 0 Å². The maximum atomic E-state index is 10.0. The molecule has 0 radical (unpaired) electrons. The highest BCUT2D eigenvalue weighted by Gasteiger charge is 1.92. The molecule has 0 rings (SSSR count). The van der Waals surface area contributed by atoms with Crippen LogP contribution in [0.1, 0.15) is 13.3 Å². The van der Waals surface area contributed by atoms with E-state index in [1.54, 1.807) is 17.8 Å². The maximum Gasteiger partial charge on any atom is 0.328 e. The number of hydrogen-bond acceptors (Lipinski definition) is 3. The summed E-state index contributed by atoms with van der Waals surface area (Å²) in [6.07, 6.45) is 3.79. The van der Waals surface area contributed by atoms with Crippen molar-refractivity contribution in [3.63, 3.8) is 0 Å². The summed E-state index contributed by atoms with van der Waals surface area (Å²) >= 11 is 1.69. The van der Waals surface area contributed by atoms with Crippen molar-refractivity contribution in [3.05, 3.63) is 12.2 Å². The average Bonchev–Trinajstić information content (AvgIpc) is 1.95. The molecule has 0 aromatic heterocycles. The van der Waals surface area contributed by atoms with Gasteiger partial charge in [0.2, 0.25) is 0 Å². The molecule has 0 aliphatic rings. The van der Waals surface area contributed by atoms with Crippen LogP contribution in [0.3, 0.4) is 0 Å². The van der Waals surface area contributed by atoms with E-state index in [2.05, 4.69) is 0 Å². The Kier molecular flexibility index (Phi) is 6.90. The predicted octanol–water partition coefficient (Wildman–Crippen LogP) is 1.10. The number of carboxylic acids is 1. The summed E-state index contributed by atoms with van der Waals surface area (Å²) in [5.41, 5.74) is 5.53. The number of aliphatic carboxylic acids is 1. The van der Waals surface area contributed by atoms with Gasteiger partial charge in [-0.05, 0) is 19.1 Å². The van der Waals surface area contributed by atoms with Crippen LogP contribution in [0.2, 0.25) is 0 Å². The molecule has 0 saturated carbocycles. The number of nitrogens with two attached hydrogens (primary N) is 1. The lowest BCUT2D eigenvalue weighted by molar-refractivity contribution is -0.131. The molecule has 1 atom stereocenters. The molecule has 4 heteroatoms. The van der Waals surface area contributed by atoms with Crippen LogP contribution in [0.4, 0.5) is 0 Å². The minimum atomic E-state index is -0.886. The Balaban J connectivity index is 3.16. The Bertz CT molecular complexity index is 157. The quantitative estimate of drug-likeness (QED) is 0.485. The van der Waals surface area contributed by atoms with Gasteiger partial charge in [-0.2, -0.15) is 11.8 Å². The number of carboxylic acid groups (broad SMARTS) is 1. The van der Waals surface area contributed by atoms with Crippen molar-refractivity contribution >= 4 is 17.7 Å². The highest BCUT2D eigenvalue weighted by molar-refractivity contribution is 7.99. The second kappa shape index (κ2) is 7.18. The molecular weight excluding hydrogens is 174 g/mol.